The second-order valence-electron chi connectivity index (χ2n) is 4.16. The average Bonchev–Trinajstić information content (AvgIpc) is 2.95. The van der Waals surface area contributed by atoms with E-state index in [1.807, 2.05) is 30.3 Å². The smallest absolute Gasteiger partial charge is 0.345 e. The predicted octanol–water partition coefficient (Wildman–Crippen LogP) is 3.53. The molecule has 0 aliphatic heterocycles. The SMILES string of the molecule is N#Cc1nc2ccccc2cc1-c1ccc(C(=O)O)s1. The minimum absolute atomic E-state index is 0.247. The van der Waals surface area contributed by atoms with E-state index in [1.165, 1.54) is 0 Å². The van der Waals surface area contributed by atoms with E-state index < -0.39 is 5.97 Å². The number of aromatic carboxylic acids is 1. The first kappa shape index (κ1) is 12.3. The van der Waals surface area contributed by atoms with Crippen molar-refractivity contribution in [1.29, 1.82) is 5.26 Å². The molecule has 0 bridgehead atoms. The fourth-order valence-corrected chi connectivity index (χ4v) is 2.85. The van der Waals surface area contributed by atoms with Crippen LogP contribution < -0.4 is 0 Å². The van der Waals surface area contributed by atoms with Crippen molar-refractivity contribution < 1.29 is 9.90 Å². The van der Waals surface area contributed by atoms with Crippen LogP contribution >= 0.6 is 11.3 Å². The summed E-state index contributed by atoms with van der Waals surface area (Å²) in [5.41, 5.74) is 1.73. The highest BCUT2D eigenvalue weighted by Crippen LogP contribution is 2.32. The van der Waals surface area contributed by atoms with Gasteiger partial charge in [-0.15, -0.1) is 11.3 Å². The van der Waals surface area contributed by atoms with E-state index in [-0.39, 0.29) is 4.88 Å². The molecule has 1 aromatic carbocycles. The lowest BCUT2D eigenvalue weighted by molar-refractivity contribution is 0.0702. The molecule has 1 N–H and O–H groups in total. The van der Waals surface area contributed by atoms with E-state index in [0.717, 1.165) is 27.1 Å². The number of carboxylic acid groups (broad SMARTS) is 1. The van der Waals surface area contributed by atoms with Crippen LogP contribution in [0.4, 0.5) is 0 Å². The summed E-state index contributed by atoms with van der Waals surface area (Å²) in [5.74, 6) is -0.964. The molecule has 0 saturated carbocycles. The minimum atomic E-state index is -0.964. The van der Waals surface area contributed by atoms with E-state index in [4.69, 9.17) is 5.11 Å². The zero-order valence-electron chi connectivity index (χ0n) is 10.2. The maximum Gasteiger partial charge on any atom is 0.345 e. The number of benzene rings is 1. The molecule has 96 valence electrons. The van der Waals surface area contributed by atoms with E-state index in [9.17, 15) is 10.1 Å². The molecule has 3 rings (SSSR count). The summed E-state index contributed by atoms with van der Waals surface area (Å²) in [6.45, 7) is 0. The van der Waals surface area contributed by atoms with Crippen LogP contribution in [0, 0.1) is 11.3 Å². The summed E-state index contributed by atoms with van der Waals surface area (Å²) < 4.78 is 0. The first-order valence-electron chi connectivity index (χ1n) is 5.82. The van der Waals surface area contributed by atoms with Crippen LogP contribution in [0.15, 0.2) is 42.5 Å². The second kappa shape index (κ2) is 4.76. The van der Waals surface area contributed by atoms with E-state index in [0.29, 0.717) is 11.3 Å². The Balaban J connectivity index is 2.23. The minimum Gasteiger partial charge on any atom is -0.477 e. The van der Waals surface area contributed by atoms with Crippen LogP contribution in [0.1, 0.15) is 15.4 Å². The summed E-state index contributed by atoms with van der Waals surface area (Å²) in [6.07, 6.45) is 0. The van der Waals surface area contributed by atoms with Crippen molar-refractivity contribution in [3.8, 4) is 16.5 Å². The molecule has 4 nitrogen and oxygen atoms in total. The van der Waals surface area contributed by atoms with Crippen molar-refractivity contribution in [2.24, 2.45) is 0 Å². The van der Waals surface area contributed by atoms with Crippen LogP contribution in [0.5, 0.6) is 0 Å². The summed E-state index contributed by atoms with van der Waals surface area (Å²) >= 11 is 1.14. The van der Waals surface area contributed by atoms with Crippen molar-refractivity contribution in [3.05, 3.63) is 53.0 Å². The zero-order chi connectivity index (χ0) is 14.1. The Kier molecular flexibility index (Phi) is 2.93. The van der Waals surface area contributed by atoms with Gasteiger partial charge in [-0.25, -0.2) is 9.78 Å². The number of hydrogen-bond acceptors (Lipinski definition) is 4. The lowest BCUT2D eigenvalue weighted by atomic mass is 10.1. The van der Waals surface area contributed by atoms with Crippen molar-refractivity contribution in [2.45, 2.75) is 0 Å². The number of nitriles is 1. The number of aromatic nitrogens is 1. The van der Waals surface area contributed by atoms with Gasteiger partial charge in [0, 0.05) is 15.8 Å². The molecule has 0 aliphatic carbocycles. The molecule has 0 atom stereocenters. The Labute approximate surface area is 118 Å². The van der Waals surface area contributed by atoms with Gasteiger partial charge in [-0.2, -0.15) is 5.26 Å². The molecule has 0 unspecified atom stereocenters. The monoisotopic (exact) mass is 280 g/mol. The maximum absolute atomic E-state index is 10.9. The Hall–Kier alpha value is -2.71. The second-order valence-corrected chi connectivity index (χ2v) is 5.24. The third kappa shape index (κ3) is 2.02. The van der Waals surface area contributed by atoms with Crippen molar-refractivity contribution in [1.82, 2.24) is 4.98 Å². The number of pyridine rings is 1. The molecule has 3 aromatic rings. The van der Waals surface area contributed by atoms with Crippen molar-refractivity contribution in [2.75, 3.05) is 0 Å². The van der Waals surface area contributed by atoms with Gasteiger partial charge in [-0.05, 0) is 24.3 Å². The largest absolute Gasteiger partial charge is 0.477 e. The lowest BCUT2D eigenvalue weighted by Crippen LogP contribution is -1.90. The number of rotatable bonds is 2. The molecule has 0 aliphatic rings. The maximum atomic E-state index is 10.9. The number of para-hydroxylation sites is 1. The zero-order valence-corrected chi connectivity index (χ0v) is 11.0. The van der Waals surface area contributed by atoms with Crippen LogP contribution in [0.25, 0.3) is 21.3 Å². The quantitative estimate of drug-likeness (QED) is 0.779. The number of hydrogen-bond donors (Lipinski definition) is 1. The fourth-order valence-electron chi connectivity index (χ4n) is 1.99. The first-order valence-corrected chi connectivity index (χ1v) is 6.64. The van der Waals surface area contributed by atoms with E-state index in [1.54, 1.807) is 12.1 Å². The highest BCUT2D eigenvalue weighted by molar-refractivity contribution is 7.17. The normalized spacial score (nSPS) is 10.3. The number of carbonyl (C=O) groups is 1. The number of fused-ring (bicyclic) bond motifs is 1. The Morgan fingerprint density at radius 2 is 2.05 bits per heavy atom. The molecule has 0 amide bonds. The number of nitrogens with zero attached hydrogens (tertiary/aromatic N) is 2. The first-order chi connectivity index (χ1) is 9.69. The van der Waals surface area contributed by atoms with Gasteiger partial charge < -0.3 is 5.11 Å². The summed E-state index contributed by atoms with van der Waals surface area (Å²) in [6, 6.07) is 14.7. The standard InChI is InChI=1S/C15H8N2O2S/c16-8-12-10(13-5-6-14(20-13)15(18)19)7-9-3-1-2-4-11(9)17-12/h1-7H,(H,18,19). The summed E-state index contributed by atoms with van der Waals surface area (Å²) in [4.78, 5) is 16.2. The van der Waals surface area contributed by atoms with Crippen LogP contribution in [0.3, 0.4) is 0 Å². The molecule has 2 aromatic heterocycles. The van der Waals surface area contributed by atoms with Crippen molar-refractivity contribution in [3.63, 3.8) is 0 Å². The molecule has 0 saturated heterocycles. The fraction of sp³-hybridized carbons (Fsp3) is 0. The van der Waals surface area contributed by atoms with Crippen molar-refractivity contribution >= 4 is 28.2 Å². The third-order valence-electron chi connectivity index (χ3n) is 2.91. The van der Waals surface area contributed by atoms with Gasteiger partial charge in [-0.3, -0.25) is 0 Å². The summed E-state index contributed by atoms with van der Waals surface area (Å²) in [7, 11) is 0. The van der Waals surface area contributed by atoms with Gasteiger partial charge in [0.05, 0.1) is 5.52 Å². The van der Waals surface area contributed by atoms with Gasteiger partial charge in [0.2, 0.25) is 0 Å². The Morgan fingerprint density at radius 1 is 1.25 bits per heavy atom. The van der Waals surface area contributed by atoms with Gasteiger partial charge >= 0.3 is 5.97 Å². The number of thiophene rings is 1. The summed E-state index contributed by atoms with van der Waals surface area (Å²) in [5, 5.41) is 19.1. The molecular formula is C15H8N2O2S. The van der Waals surface area contributed by atoms with Crippen LogP contribution in [-0.2, 0) is 0 Å². The van der Waals surface area contributed by atoms with E-state index in [2.05, 4.69) is 11.1 Å². The van der Waals surface area contributed by atoms with Crippen LogP contribution in [0.2, 0.25) is 0 Å². The molecule has 5 heteroatoms. The highest BCUT2D eigenvalue weighted by atomic mass is 32.1. The average molecular weight is 280 g/mol. The van der Waals surface area contributed by atoms with Gasteiger partial charge in [0.1, 0.15) is 16.6 Å². The van der Waals surface area contributed by atoms with Crippen LogP contribution in [-0.4, -0.2) is 16.1 Å². The Bertz CT molecular complexity index is 862. The lowest BCUT2D eigenvalue weighted by Gasteiger charge is -2.03. The predicted molar refractivity (Wildman–Crippen MR) is 76.7 cm³/mol. The molecule has 0 radical (unpaired) electrons. The Morgan fingerprint density at radius 3 is 2.75 bits per heavy atom. The molecular weight excluding hydrogens is 272 g/mol. The van der Waals surface area contributed by atoms with Gasteiger partial charge in [0.15, 0.2) is 0 Å². The van der Waals surface area contributed by atoms with Gasteiger partial charge in [-0.1, -0.05) is 18.2 Å². The molecule has 0 spiro atoms. The third-order valence-corrected chi connectivity index (χ3v) is 4.02. The highest BCUT2D eigenvalue weighted by Gasteiger charge is 2.13. The number of carboxylic acids is 1. The topological polar surface area (TPSA) is 74.0 Å². The molecule has 2 heterocycles. The molecule has 0 fully saturated rings. The van der Waals surface area contributed by atoms with E-state index >= 15 is 0 Å². The molecule has 20 heavy (non-hydrogen) atoms. The van der Waals surface area contributed by atoms with Gasteiger partial charge in [0.25, 0.3) is 0 Å².